The normalized spacial score (nSPS) is 10.3. The second-order valence-electron chi connectivity index (χ2n) is 4.04. The molecule has 1 N–H and O–H groups in total. The van der Waals surface area contributed by atoms with E-state index in [1.165, 1.54) is 25.6 Å². The van der Waals surface area contributed by atoms with Gasteiger partial charge in [0.15, 0.2) is 17.3 Å². The van der Waals surface area contributed by atoms with Gasteiger partial charge in [-0.1, -0.05) is 29.3 Å². The van der Waals surface area contributed by atoms with Gasteiger partial charge in [0.2, 0.25) is 0 Å². The Labute approximate surface area is 125 Å². The van der Waals surface area contributed by atoms with Crippen LogP contribution in [0.4, 0.5) is 0 Å². The first-order chi connectivity index (χ1) is 9.54. The predicted octanol–water partition coefficient (Wildman–Crippen LogP) is 3.53. The number of benzene rings is 1. The molecule has 0 bridgehead atoms. The number of aromatic nitrogens is 1. The Morgan fingerprint density at radius 2 is 1.95 bits per heavy atom. The molecular weight excluding hydrogens is 301 g/mol. The third kappa shape index (κ3) is 2.86. The van der Waals surface area contributed by atoms with Crippen LogP contribution in [0.1, 0.15) is 15.9 Å². The van der Waals surface area contributed by atoms with Crippen molar-refractivity contribution in [2.24, 2.45) is 0 Å². The monoisotopic (exact) mass is 311 g/mol. The summed E-state index contributed by atoms with van der Waals surface area (Å²) in [4.78, 5) is 16.2. The molecule has 0 spiro atoms. The number of methoxy groups -OCH3 is 1. The zero-order valence-electron chi connectivity index (χ0n) is 10.6. The fourth-order valence-electron chi connectivity index (χ4n) is 1.82. The number of Topliss-reactive ketones (excluding diaryl/α,β-unsaturated/α-hetero) is 1. The minimum atomic E-state index is -0.257. The summed E-state index contributed by atoms with van der Waals surface area (Å²) in [6.07, 6.45) is 2.85. The molecule has 0 aliphatic carbocycles. The van der Waals surface area contributed by atoms with Gasteiger partial charge in [-0.25, -0.2) is 0 Å². The summed E-state index contributed by atoms with van der Waals surface area (Å²) in [7, 11) is 1.39. The smallest absolute Gasteiger partial charge is 0.171 e. The molecule has 104 valence electrons. The Kier molecular flexibility index (Phi) is 4.47. The first kappa shape index (κ1) is 14.6. The van der Waals surface area contributed by atoms with E-state index in [1.54, 1.807) is 12.1 Å². The van der Waals surface area contributed by atoms with Gasteiger partial charge < -0.3 is 9.84 Å². The number of para-hydroxylation sites is 1. The highest BCUT2D eigenvalue weighted by Crippen LogP contribution is 2.32. The molecule has 0 aliphatic rings. The van der Waals surface area contributed by atoms with Crippen LogP contribution in [0, 0.1) is 0 Å². The van der Waals surface area contributed by atoms with Crippen LogP contribution >= 0.6 is 23.2 Å². The number of rotatable bonds is 4. The molecule has 2 rings (SSSR count). The number of phenols is 1. The molecule has 2 aromatic rings. The topological polar surface area (TPSA) is 59.4 Å². The van der Waals surface area contributed by atoms with Crippen molar-refractivity contribution in [1.82, 2.24) is 4.98 Å². The fourth-order valence-corrected chi connectivity index (χ4v) is 2.32. The second kappa shape index (κ2) is 6.11. The maximum Gasteiger partial charge on any atom is 0.171 e. The number of pyridine rings is 1. The van der Waals surface area contributed by atoms with Gasteiger partial charge in [-0.3, -0.25) is 9.78 Å². The van der Waals surface area contributed by atoms with Crippen molar-refractivity contribution in [2.45, 2.75) is 6.42 Å². The average Bonchev–Trinajstić information content (AvgIpc) is 2.42. The third-order valence-corrected chi connectivity index (χ3v) is 3.44. The van der Waals surface area contributed by atoms with Crippen molar-refractivity contribution in [1.29, 1.82) is 0 Å². The highest BCUT2D eigenvalue weighted by atomic mass is 35.5. The lowest BCUT2D eigenvalue weighted by molar-refractivity contribution is 0.0989. The predicted molar refractivity (Wildman–Crippen MR) is 77.0 cm³/mol. The Morgan fingerprint density at radius 1 is 1.30 bits per heavy atom. The first-order valence-corrected chi connectivity index (χ1v) is 6.47. The summed E-state index contributed by atoms with van der Waals surface area (Å²) < 4.78 is 5.05. The average molecular weight is 312 g/mol. The largest absolute Gasteiger partial charge is 0.504 e. The molecule has 0 saturated carbocycles. The third-order valence-electron chi connectivity index (χ3n) is 2.79. The highest BCUT2D eigenvalue weighted by Gasteiger charge is 2.18. The summed E-state index contributed by atoms with van der Waals surface area (Å²) in [6.45, 7) is 0. The summed E-state index contributed by atoms with van der Waals surface area (Å²) in [5.74, 6) is -0.211. The molecule has 6 heteroatoms. The van der Waals surface area contributed by atoms with Crippen LogP contribution in [0.5, 0.6) is 11.5 Å². The Balaban J connectivity index is 2.36. The van der Waals surface area contributed by atoms with E-state index in [2.05, 4.69) is 4.98 Å². The first-order valence-electron chi connectivity index (χ1n) is 5.71. The van der Waals surface area contributed by atoms with E-state index in [9.17, 15) is 9.90 Å². The Hall–Kier alpha value is -1.78. The minimum Gasteiger partial charge on any atom is -0.504 e. The van der Waals surface area contributed by atoms with Crippen LogP contribution < -0.4 is 4.74 Å². The summed E-state index contributed by atoms with van der Waals surface area (Å²) in [5, 5.41) is 10.3. The van der Waals surface area contributed by atoms with Crippen LogP contribution in [0.25, 0.3) is 0 Å². The summed E-state index contributed by atoms with van der Waals surface area (Å²) in [5.41, 5.74) is 0.773. The maximum absolute atomic E-state index is 12.3. The van der Waals surface area contributed by atoms with Crippen LogP contribution in [-0.4, -0.2) is 23.0 Å². The van der Waals surface area contributed by atoms with Crippen molar-refractivity contribution in [3.8, 4) is 11.5 Å². The van der Waals surface area contributed by atoms with Gasteiger partial charge in [0.05, 0.1) is 22.7 Å². The van der Waals surface area contributed by atoms with Crippen molar-refractivity contribution in [3.05, 3.63) is 51.8 Å². The van der Waals surface area contributed by atoms with Crippen molar-refractivity contribution >= 4 is 29.0 Å². The van der Waals surface area contributed by atoms with Crippen molar-refractivity contribution < 1.29 is 14.6 Å². The van der Waals surface area contributed by atoms with Gasteiger partial charge in [-0.2, -0.15) is 0 Å². The van der Waals surface area contributed by atoms with Gasteiger partial charge in [0, 0.05) is 24.4 Å². The second-order valence-corrected chi connectivity index (χ2v) is 4.85. The van der Waals surface area contributed by atoms with E-state index in [0.29, 0.717) is 15.6 Å². The number of phenolic OH excluding ortho intramolecular Hbond substituents is 1. The molecule has 0 amide bonds. The number of halogens is 2. The van der Waals surface area contributed by atoms with Crippen LogP contribution in [0.2, 0.25) is 10.0 Å². The molecule has 0 fully saturated rings. The number of ketones is 1. The molecule has 0 radical (unpaired) electrons. The molecule has 0 aliphatic heterocycles. The van der Waals surface area contributed by atoms with Crippen LogP contribution in [-0.2, 0) is 6.42 Å². The van der Waals surface area contributed by atoms with Gasteiger partial charge in [0.25, 0.3) is 0 Å². The van der Waals surface area contributed by atoms with E-state index in [-0.39, 0.29) is 29.3 Å². The van der Waals surface area contributed by atoms with E-state index < -0.39 is 0 Å². The Bertz CT molecular complexity index is 639. The molecule has 20 heavy (non-hydrogen) atoms. The maximum atomic E-state index is 12.3. The van der Waals surface area contributed by atoms with Crippen LogP contribution in [0.3, 0.4) is 0 Å². The zero-order chi connectivity index (χ0) is 14.7. The highest BCUT2D eigenvalue weighted by molar-refractivity contribution is 6.36. The Morgan fingerprint density at radius 3 is 2.55 bits per heavy atom. The lowest BCUT2D eigenvalue weighted by Gasteiger charge is -2.10. The van der Waals surface area contributed by atoms with Crippen molar-refractivity contribution in [3.63, 3.8) is 0 Å². The number of hydrogen-bond acceptors (Lipinski definition) is 4. The van der Waals surface area contributed by atoms with Crippen LogP contribution in [0.15, 0.2) is 30.6 Å². The van der Waals surface area contributed by atoms with E-state index in [0.717, 1.165) is 0 Å². The number of nitrogens with zero attached hydrogens (tertiary/aromatic N) is 1. The number of aromatic hydroxyl groups is 1. The van der Waals surface area contributed by atoms with Gasteiger partial charge in [-0.15, -0.1) is 0 Å². The SMILES string of the molecule is COc1c(O)cccc1C(=O)Cc1c(Cl)cncc1Cl. The lowest BCUT2D eigenvalue weighted by atomic mass is 10.0. The molecule has 0 unspecified atom stereocenters. The molecular formula is C14H11Cl2NO3. The molecule has 4 nitrogen and oxygen atoms in total. The van der Waals surface area contributed by atoms with Gasteiger partial charge in [-0.05, 0) is 12.1 Å². The number of ether oxygens (including phenoxy) is 1. The molecule has 1 heterocycles. The summed E-state index contributed by atoms with van der Waals surface area (Å²) in [6, 6.07) is 4.59. The number of carbonyl (C=O) groups excluding carboxylic acids is 1. The van der Waals surface area contributed by atoms with E-state index in [4.69, 9.17) is 27.9 Å². The quantitative estimate of drug-likeness (QED) is 0.878. The molecule has 0 atom stereocenters. The number of carbonyl (C=O) groups is 1. The molecule has 1 aromatic heterocycles. The molecule has 1 aromatic carbocycles. The molecule has 0 saturated heterocycles. The standard InChI is InChI=1S/C14H11Cl2NO3/c1-20-14-8(3-2-4-12(14)18)13(19)5-9-10(15)6-17-7-11(9)16/h2-4,6-7,18H,5H2,1H3. The summed E-state index contributed by atoms with van der Waals surface area (Å²) >= 11 is 12.0. The number of hydrogen-bond donors (Lipinski definition) is 1. The van der Waals surface area contributed by atoms with Gasteiger partial charge in [0.1, 0.15) is 0 Å². The van der Waals surface area contributed by atoms with Gasteiger partial charge >= 0.3 is 0 Å². The van der Waals surface area contributed by atoms with E-state index in [1.807, 2.05) is 0 Å². The lowest BCUT2D eigenvalue weighted by Crippen LogP contribution is -2.07. The fraction of sp³-hybridized carbons (Fsp3) is 0.143. The van der Waals surface area contributed by atoms with E-state index >= 15 is 0 Å². The zero-order valence-corrected chi connectivity index (χ0v) is 12.1. The van der Waals surface area contributed by atoms with Crippen molar-refractivity contribution in [2.75, 3.05) is 7.11 Å². The minimum absolute atomic E-state index is 0.000000000000000222.